The summed E-state index contributed by atoms with van der Waals surface area (Å²) in [4.78, 5) is 32.6. The molecule has 184 valence electrons. The van der Waals surface area contributed by atoms with E-state index in [0.29, 0.717) is 13.2 Å². The molecule has 36 heavy (non-hydrogen) atoms. The first kappa shape index (κ1) is 23.1. The molecule has 4 atom stereocenters. The van der Waals surface area contributed by atoms with E-state index in [0.717, 1.165) is 11.4 Å². The molecule has 4 unspecified atom stereocenters. The number of nitrogens with zero attached hydrogens (tertiary/aromatic N) is 4. The van der Waals surface area contributed by atoms with Crippen LogP contribution in [0.4, 0.5) is 0 Å². The zero-order chi connectivity index (χ0) is 24.8. The molecule has 6 rings (SSSR count). The highest BCUT2D eigenvalue weighted by molar-refractivity contribution is 7.99. The van der Waals surface area contributed by atoms with Crippen LogP contribution >= 0.6 is 11.8 Å². The number of pyridine rings is 1. The van der Waals surface area contributed by atoms with Crippen molar-refractivity contribution < 1.29 is 14.7 Å². The summed E-state index contributed by atoms with van der Waals surface area (Å²) in [6.07, 6.45) is 10.4. The predicted molar refractivity (Wildman–Crippen MR) is 138 cm³/mol. The van der Waals surface area contributed by atoms with Crippen molar-refractivity contribution in [3.63, 3.8) is 0 Å². The van der Waals surface area contributed by atoms with Gasteiger partial charge in [-0.15, -0.1) is 11.8 Å². The number of Topliss-reactive ketones (excluding diaryl/α,β-unsaturated/α-hetero) is 1. The number of fused-ring (bicyclic) bond motifs is 3. The number of amides is 1. The average Bonchev–Trinajstić information content (AvgIpc) is 3.06. The molecule has 4 heterocycles. The Morgan fingerprint density at radius 1 is 1.08 bits per heavy atom. The Bertz CT molecular complexity index is 1290. The van der Waals surface area contributed by atoms with Crippen LogP contribution in [-0.2, 0) is 21.9 Å². The van der Waals surface area contributed by atoms with Crippen LogP contribution in [0.15, 0.2) is 84.4 Å². The van der Waals surface area contributed by atoms with Gasteiger partial charge in [0, 0.05) is 35.6 Å². The van der Waals surface area contributed by atoms with Gasteiger partial charge in [0.25, 0.3) is 5.91 Å². The van der Waals surface area contributed by atoms with E-state index in [4.69, 9.17) is 0 Å². The van der Waals surface area contributed by atoms with Crippen molar-refractivity contribution in [3.8, 4) is 0 Å². The van der Waals surface area contributed by atoms with Crippen molar-refractivity contribution >= 4 is 23.5 Å². The summed E-state index contributed by atoms with van der Waals surface area (Å²) in [5.41, 5.74) is 3.31. The van der Waals surface area contributed by atoms with E-state index in [2.05, 4.69) is 58.6 Å². The zero-order valence-corrected chi connectivity index (χ0v) is 20.8. The van der Waals surface area contributed by atoms with Crippen LogP contribution in [0.3, 0.4) is 0 Å². The van der Waals surface area contributed by atoms with Crippen LogP contribution in [0.25, 0.3) is 0 Å². The van der Waals surface area contributed by atoms with E-state index in [9.17, 15) is 14.7 Å². The van der Waals surface area contributed by atoms with E-state index < -0.39 is 11.7 Å². The SMILES string of the molecule is CC1CN2C(=C(O)C1=O)C(=O)N(Cc1ccccn1)CN2C1c2ccccc2CSC2C=CC=CC21. The molecule has 4 aliphatic rings. The third-order valence-electron chi connectivity index (χ3n) is 7.42. The highest BCUT2D eigenvalue weighted by Crippen LogP contribution is 2.47. The number of carbonyl (C=O) groups excluding carboxylic acids is 2. The Morgan fingerprint density at radius 3 is 2.72 bits per heavy atom. The number of hydrogen-bond donors (Lipinski definition) is 1. The molecule has 3 aliphatic heterocycles. The van der Waals surface area contributed by atoms with E-state index in [1.54, 1.807) is 18.0 Å². The van der Waals surface area contributed by atoms with Crippen LogP contribution in [0.2, 0.25) is 0 Å². The smallest absolute Gasteiger partial charge is 0.276 e. The van der Waals surface area contributed by atoms with Gasteiger partial charge in [0.2, 0.25) is 5.78 Å². The first-order valence-corrected chi connectivity index (χ1v) is 13.3. The lowest BCUT2D eigenvalue weighted by Gasteiger charge is -2.52. The van der Waals surface area contributed by atoms with Crippen LogP contribution < -0.4 is 0 Å². The third-order valence-corrected chi connectivity index (χ3v) is 8.75. The number of ketones is 1. The van der Waals surface area contributed by atoms with Gasteiger partial charge in [-0.05, 0) is 23.3 Å². The lowest BCUT2D eigenvalue weighted by molar-refractivity contribution is -0.168. The third kappa shape index (κ3) is 3.85. The number of rotatable bonds is 3. The summed E-state index contributed by atoms with van der Waals surface area (Å²) in [6, 6.07) is 14.0. The number of thioether (sulfide) groups is 1. The number of benzene rings is 1. The molecule has 8 heteroatoms. The number of allylic oxidation sites excluding steroid dienone is 3. The fourth-order valence-corrected chi connectivity index (χ4v) is 6.92. The summed E-state index contributed by atoms with van der Waals surface area (Å²) in [7, 11) is 0. The van der Waals surface area contributed by atoms with Crippen LogP contribution in [0, 0.1) is 11.8 Å². The molecule has 1 aromatic heterocycles. The number of hydrogen-bond acceptors (Lipinski definition) is 7. The fraction of sp³-hybridized carbons (Fsp3) is 0.321. The minimum absolute atomic E-state index is 0.0709. The Labute approximate surface area is 214 Å². The highest BCUT2D eigenvalue weighted by atomic mass is 32.2. The van der Waals surface area contributed by atoms with Gasteiger partial charge < -0.3 is 10.0 Å². The maximum atomic E-state index is 13.7. The van der Waals surface area contributed by atoms with E-state index in [-0.39, 0.29) is 41.1 Å². The molecule has 2 aromatic rings. The molecule has 1 amide bonds. The highest BCUT2D eigenvalue weighted by Gasteiger charge is 2.48. The quantitative estimate of drug-likeness (QED) is 0.683. The Morgan fingerprint density at radius 2 is 1.89 bits per heavy atom. The summed E-state index contributed by atoms with van der Waals surface area (Å²) in [6.45, 7) is 2.78. The molecular weight excluding hydrogens is 472 g/mol. The van der Waals surface area contributed by atoms with Gasteiger partial charge in [0.05, 0.1) is 24.9 Å². The van der Waals surface area contributed by atoms with Gasteiger partial charge >= 0.3 is 0 Å². The molecule has 0 saturated carbocycles. The summed E-state index contributed by atoms with van der Waals surface area (Å²) < 4.78 is 0. The second-order valence-electron chi connectivity index (χ2n) is 9.72. The normalized spacial score (nSPS) is 28.0. The molecule has 7 nitrogen and oxygen atoms in total. The number of aliphatic hydroxyl groups is 1. The molecule has 1 aromatic carbocycles. The van der Waals surface area contributed by atoms with Crippen molar-refractivity contribution in [2.45, 2.75) is 30.5 Å². The van der Waals surface area contributed by atoms with Gasteiger partial charge in [-0.1, -0.05) is 61.6 Å². The second-order valence-corrected chi connectivity index (χ2v) is 10.9. The monoisotopic (exact) mass is 500 g/mol. The maximum Gasteiger partial charge on any atom is 0.276 e. The Hall–Kier alpha value is -3.36. The van der Waals surface area contributed by atoms with Crippen LogP contribution in [-0.4, -0.2) is 55.2 Å². The number of hydrazine groups is 1. The summed E-state index contributed by atoms with van der Waals surface area (Å²) in [5.74, 6) is -0.532. The van der Waals surface area contributed by atoms with E-state index >= 15 is 0 Å². The molecule has 0 radical (unpaired) electrons. The topological polar surface area (TPSA) is 77.0 Å². The second kappa shape index (κ2) is 9.26. The van der Waals surface area contributed by atoms with Crippen LogP contribution in [0.1, 0.15) is 29.8 Å². The molecule has 1 fully saturated rings. The Balaban J connectivity index is 1.49. The Kier molecular flexibility index (Phi) is 5.93. The molecule has 1 N–H and O–H groups in total. The summed E-state index contributed by atoms with van der Waals surface area (Å²) >= 11 is 1.92. The lowest BCUT2D eigenvalue weighted by Crippen LogP contribution is -2.62. The first-order chi connectivity index (χ1) is 17.5. The fourth-order valence-electron chi connectivity index (χ4n) is 5.63. The lowest BCUT2D eigenvalue weighted by atomic mass is 9.85. The predicted octanol–water partition coefficient (Wildman–Crippen LogP) is 3.99. The minimum atomic E-state index is -0.443. The average molecular weight is 501 g/mol. The van der Waals surface area contributed by atoms with Crippen molar-refractivity contribution in [3.05, 3.63) is 101 Å². The van der Waals surface area contributed by atoms with Crippen molar-refractivity contribution in [2.24, 2.45) is 11.8 Å². The van der Waals surface area contributed by atoms with Crippen molar-refractivity contribution in [1.82, 2.24) is 19.9 Å². The minimum Gasteiger partial charge on any atom is -0.503 e. The standard InChI is InChI=1S/C28H28N4O3S/c1-18-14-31-25(27(34)26(18)33)28(35)30(15-20-9-6-7-13-29-20)17-32(31)24-21-10-3-2-8-19(21)16-36-23-12-5-4-11-22(23)24/h2-13,18,22-24,34H,14-17H2,1H3. The van der Waals surface area contributed by atoms with Crippen molar-refractivity contribution in [1.29, 1.82) is 0 Å². The maximum absolute atomic E-state index is 13.7. The van der Waals surface area contributed by atoms with E-state index in [1.807, 2.05) is 35.0 Å². The molecule has 1 aliphatic carbocycles. The van der Waals surface area contributed by atoms with E-state index in [1.165, 1.54) is 11.1 Å². The molecule has 0 spiro atoms. The van der Waals surface area contributed by atoms with Crippen LogP contribution in [0.5, 0.6) is 0 Å². The number of aliphatic hydroxyl groups excluding tert-OH is 1. The first-order valence-electron chi connectivity index (χ1n) is 12.3. The number of aromatic nitrogens is 1. The van der Waals surface area contributed by atoms with Gasteiger partial charge in [-0.2, -0.15) is 5.01 Å². The van der Waals surface area contributed by atoms with Gasteiger partial charge in [0.15, 0.2) is 11.5 Å². The largest absolute Gasteiger partial charge is 0.503 e. The molecule has 1 saturated heterocycles. The number of carbonyl (C=O) groups is 2. The molecular formula is C28H28N4O3S. The molecule has 0 bridgehead atoms. The van der Waals surface area contributed by atoms with Crippen molar-refractivity contribution in [2.75, 3.05) is 13.2 Å². The van der Waals surface area contributed by atoms with Gasteiger partial charge in [-0.3, -0.25) is 19.6 Å². The van der Waals surface area contributed by atoms with Gasteiger partial charge in [0.1, 0.15) is 0 Å². The van der Waals surface area contributed by atoms with Gasteiger partial charge in [-0.25, -0.2) is 0 Å². The summed E-state index contributed by atoms with van der Waals surface area (Å²) in [5, 5.41) is 15.3. The zero-order valence-electron chi connectivity index (χ0n) is 20.0.